The predicted molar refractivity (Wildman–Crippen MR) is 103 cm³/mol. The zero-order valence-corrected chi connectivity index (χ0v) is 15.8. The number of carbonyl (C=O) groups excluding carboxylic acids is 1. The molecule has 1 fully saturated rings. The Morgan fingerprint density at radius 1 is 1.15 bits per heavy atom. The molecule has 0 radical (unpaired) electrons. The Bertz CT molecular complexity index is 772. The third-order valence-corrected chi connectivity index (χ3v) is 4.94. The van der Waals surface area contributed by atoms with Gasteiger partial charge in [0.05, 0.1) is 25.2 Å². The van der Waals surface area contributed by atoms with E-state index in [0.717, 1.165) is 24.5 Å². The summed E-state index contributed by atoms with van der Waals surface area (Å²) >= 11 is 6.10. The van der Waals surface area contributed by atoms with E-state index in [9.17, 15) is 4.79 Å². The molecule has 1 saturated heterocycles. The normalized spacial score (nSPS) is 14.7. The van der Waals surface area contributed by atoms with E-state index in [2.05, 4.69) is 20.2 Å². The van der Waals surface area contributed by atoms with Crippen LogP contribution in [-0.4, -0.2) is 36.1 Å². The minimum Gasteiger partial charge on any atom is -0.495 e. The Morgan fingerprint density at radius 2 is 1.88 bits per heavy atom. The zero-order chi connectivity index (χ0) is 18.5. The number of nitrogens with one attached hydrogen (secondary N) is 1. The van der Waals surface area contributed by atoms with Crippen LogP contribution in [0.15, 0.2) is 24.5 Å². The lowest BCUT2D eigenvalue weighted by Gasteiger charge is -2.20. The van der Waals surface area contributed by atoms with Gasteiger partial charge in [-0.1, -0.05) is 24.4 Å². The highest BCUT2D eigenvalue weighted by atomic mass is 35.5. The molecule has 6 nitrogen and oxygen atoms in total. The molecule has 0 bridgehead atoms. The van der Waals surface area contributed by atoms with Gasteiger partial charge in [-0.25, -0.2) is 9.97 Å². The van der Waals surface area contributed by atoms with Crippen molar-refractivity contribution in [1.29, 1.82) is 0 Å². The average molecular weight is 375 g/mol. The van der Waals surface area contributed by atoms with Crippen LogP contribution in [0, 0.1) is 6.92 Å². The third kappa shape index (κ3) is 4.25. The molecule has 1 amide bonds. The molecule has 0 saturated carbocycles. The second-order valence-electron chi connectivity index (χ2n) is 6.42. The van der Waals surface area contributed by atoms with Gasteiger partial charge in [-0.05, 0) is 31.4 Å². The second kappa shape index (κ2) is 8.36. The minimum atomic E-state index is -0.333. The molecular weight excluding hydrogens is 352 g/mol. The quantitative estimate of drug-likeness (QED) is 0.873. The van der Waals surface area contributed by atoms with E-state index < -0.39 is 0 Å². The van der Waals surface area contributed by atoms with E-state index in [1.54, 1.807) is 18.3 Å². The van der Waals surface area contributed by atoms with E-state index >= 15 is 0 Å². The number of aromatic nitrogens is 2. The SMILES string of the molecule is COc1cc(Cl)c(C)cc1NC(=O)c1cnc(N2CCCCCC2)cn1. The molecule has 1 aliphatic heterocycles. The molecule has 1 N–H and O–H groups in total. The molecule has 1 aliphatic rings. The number of ether oxygens (including phenoxy) is 1. The van der Waals surface area contributed by atoms with Crippen LogP contribution >= 0.6 is 11.6 Å². The molecular formula is C19H23ClN4O2. The van der Waals surface area contributed by atoms with Gasteiger partial charge in [-0.3, -0.25) is 4.79 Å². The van der Waals surface area contributed by atoms with Gasteiger partial charge in [0.2, 0.25) is 0 Å². The Kier molecular flexibility index (Phi) is 5.93. The van der Waals surface area contributed by atoms with E-state index in [1.807, 2.05) is 6.92 Å². The number of amides is 1. The first kappa shape index (κ1) is 18.5. The molecule has 0 spiro atoms. The van der Waals surface area contributed by atoms with Crippen LogP contribution in [0.25, 0.3) is 0 Å². The van der Waals surface area contributed by atoms with Crippen molar-refractivity contribution in [1.82, 2.24) is 9.97 Å². The van der Waals surface area contributed by atoms with Gasteiger partial charge in [0.15, 0.2) is 0 Å². The number of nitrogens with zero attached hydrogens (tertiary/aromatic N) is 3. The van der Waals surface area contributed by atoms with Crippen molar-refractivity contribution < 1.29 is 9.53 Å². The van der Waals surface area contributed by atoms with Crippen LogP contribution in [0.1, 0.15) is 41.7 Å². The number of carbonyl (C=O) groups is 1. The lowest BCUT2D eigenvalue weighted by atomic mass is 10.2. The highest BCUT2D eigenvalue weighted by molar-refractivity contribution is 6.31. The molecule has 26 heavy (non-hydrogen) atoms. The smallest absolute Gasteiger partial charge is 0.275 e. The van der Waals surface area contributed by atoms with Crippen molar-refractivity contribution >= 4 is 29.0 Å². The van der Waals surface area contributed by atoms with Gasteiger partial charge < -0.3 is 15.0 Å². The monoisotopic (exact) mass is 374 g/mol. The van der Waals surface area contributed by atoms with Gasteiger partial charge in [-0.2, -0.15) is 0 Å². The van der Waals surface area contributed by atoms with Gasteiger partial charge in [-0.15, -0.1) is 0 Å². The van der Waals surface area contributed by atoms with E-state index in [1.165, 1.54) is 39.0 Å². The molecule has 3 rings (SSSR count). The first-order chi connectivity index (χ1) is 12.6. The Morgan fingerprint density at radius 3 is 2.50 bits per heavy atom. The van der Waals surface area contributed by atoms with Gasteiger partial charge in [0, 0.05) is 24.2 Å². The fourth-order valence-corrected chi connectivity index (χ4v) is 3.17. The Hall–Kier alpha value is -2.34. The second-order valence-corrected chi connectivity index (χ2v) is 6.82. The number of aryl methyl sites for hydroxylation is 1. The summed E-state index contributed by atoms with van der Waals surface area (Å²) in [6.07, 6.45) is 8.04. The Labute approximate surface area is 158 Å². The number of anilines is 2. The summed E-state index contributed by atoms with van der Waals surface area (Å²) in [5.74, 6) is 0.992. The molecule has 138 valence electrons. The molecule has 1 aromatic carbocycles. The topological polar surface area (TPSA) is 67.3 Å². The van der Waals surface area contributed by atoms with Crippen LogP contribution in [-0.2, 0) is 0 Å². The van der Waals surface area contributed by atoms with Crippen LogP contribution in [0.4, 0.5) is 11.5 Å². The molecule has 0 atom stereocenters. The van der Waals surface area contributed by atoms with Crippen LogP contribution < -0.4 is 15.0 Å². The van der Waals surface area contributed by atoms with Gasteiger partial charge >= 0.3 is 0 Å². The van der Waals surface area contributed by atoms with Crippen molar-refractivity contribution in [3.8, 4) is 5.75 Å². The number of rotatable bonds is 4. The number of methoxy groups -OCH3 is 1. The lowest BCUT2D eigenvalue weighted by Crippen LogP contribution is -2.25. The van der Waals surface area contributed by atoms with Crippen molar-refractivity contribution in [3.05, 3.63) is 40.8 Å². The zero-order valence-electron chi connectivity index (χ0n) is 15.1. The fourth-order valence-electron chi connectivity index (χ4n) is 3.02. The summed E-state index contributed by atoms with van der Waals surface area (Å²) in [4.78, 5) is 23.5. The van der Waals surface area contributed by atoms with E-state index in [-0.39, 0.29) is 11.6 Å². The van der Waals surface area contributed by atoms with Crippen LogP contribution in [0.5, 0.6) is 5.75 Å². The molecule has 1 aromatic heterocycles. The number of benzene rings is 1. The molecule has 2 aromatic rings. The molecule has 7 heteroatoms. The lowest BCUT2D eigenvalue weighted by molar-refractivity contribution is 0.102. The summed E-state index contributed by atoms with van der Waals surface area (Å²) in [6.45, 7) is 3.84. The number of hydrogen-bond donors (Lipinski definition) is 1. The average Bonchev–Trinajstić information content (AvgIpc) is 2.94. The van der Waals surface area contributed by atoms with Crippen molar-refractivity contribution in [2.24, 2.45) is 0 Å². The first-order valence-electron chi connectivity index (χ1n) is 8.81. The largest absolute Gasteiger partial charge is 0.495 e. The fraction of sp³-hybridized carbons (Fsp3) is 0.421. The van der Waals surface area contributed by atoms with Crippen LogP contribution in [0.3, 0.4) is 0 Å². The van der Waals surface area contributed by atoms with E-state index in [4.69, 9.17) is 16.3 Å². The Balaban J connectivity index is 1.73. The molecule has 2 heterocycles. The van der Waals surface area contributed by atoms with Crippen molar-refractivity contribution in [2.75, 3.05) is 30.4 Å². The minimum absolute atomic E-state index is 0.262. The number of halogens is 1. The summed E-state index contributed by atoms with van der Waals surface area (Å²) in [6, 6.07) is 3.46. The number of hydrogen-bond acceptors (Lipinski definition) is 5. The maximum atomic E-state index is 12.5. The predicted octanol–water partition coefficient (Wildman–Crippen LogP) is 4.08. The summed E-state index contributed by atoms with van der Waals surface area (Å²) in [7, 11) is 1.53. The highest BCUT2D eigenvalue weighted by Crippen LogP contribution is 2.31. The maximum Gasteiger partial charge on any atom is 0.275 e. The molecule has 0 unspecified atom stereocenters. The van der Waals surface area contributed by atoms with E-state index in [0.29, 0.717) is 16.5 Å². The van der Waals surface area contributed by atoms with Crippen molar-refractivity contribution in [2.45, 2.75) is 32.6 Å². The van der Waals surface area contributed by atoms with Gasteiger partial charge in [0.1, 0.15) is 17.3 Å². The van der Waals surface area contributed by atoms with Crippen LogP contribution in [0.2, 0.25) is 5.02 Å². The standard InChI is InChI=1S/C19H23ClN4O2/c1-13-9-15(17(26-2)10-14(13)20)23-19(25)16-11-22-18(12-21-16)24-7-5-3-4-6-8-24/h9-12H,3-8H2,1-2H3,(H,23,25). The highest BCUT2D eigenvalue weighted by Gasteiger charge is 2.15. The first-order valence-corrected chi connectivity index (χ1v) is 9.19. The molecule has 0 aliphatic carbocycles. The summed E-state index contributed by atoms with van der Waals surface area (Å²) < 4.78 is 5.29. The summed E-state index contributed by atoms with van der Waals surface area (Å²) in [5.41, 5.74) is 1.67. The maximum absolute atomic E-state index is 12.5. The van der Waals surface area contributed by atoms with Gasteiger partial charge in [0.25, 0.3) is 5.91 Å². The van der Waals surface area contributed by atoms with Crippen molar-refractivity contribution in [3.63, 3.8) is 0 Å². The third-order valence-electron chi connectivity index (χ3n) is 4.53. The summed E-state index contributed by atoms with van der Waals surface area (Å²) in [5, 5.41) is 3.40.